The SMILES string of the molecule is CC1Oc2ccc(NC(=O)/C=C/c3cccnc3)cc2NC1=O. The first-order valence-electron chi connectivity index (χ1n) is 7.12. The number of hydrogen-bond acceptors (Lipinski definition) is 4. The Morgan fingerprint density at radius 1 is 1.39 bits per heavy atom. The second-order valence-corrected chi connectivity index (χ2v) is 5.07. The normalized spacial score (nSPS) is 16.4. The molecule has 1 unspecified atom stereocenters. The lowest BCUT2D eigenvalue weighted by Gasteiger charge is -2.23. The number of carbonyl (C=O) groups excluding carboxylic acids is 2. The highest BCUT2D eigenvalue weighted by atomic mass is 16.5. The molecule has 0 bridgehead atoms. The number of amides is 2. The molecule has 0 radical (unpaired) electrons. The van der Waals surface area contributed by atoms with Crippen molar-refractivity contribution in [1.82, 2.24) is 4.98 Å². The lowest BCUT2D eigenvalue weighted by molar-refractivity contribution is -0.122. The molecular weight excluding hydrogens is 294 g/mol. The van der Waals surface area contributed by atoms with E-state index in [9.17, 15) is 9.59 Å². The Hall–Kier alpha value is -3.15. The van der Waals surface area contributed by atoms with E-state index in [4.69, 9.17) is 4.74 Å². The fraction of sp³-hybridized carbons (Fsp3) is 0.118. The molecule has 0 saturated heterocycles. The molecule has 0 spiro atoms. The van der Waals surface area contributed by atoms with Crippen LogP contribution in [0.1, 0.15) is 12.5 Å². The van der Waals surface area contributed by atoms with E-state index >= 15 is 0 Å². The van der Waals surface area contributed by atoms with Gasteiger partial charge in [-0.1, -0.05) is 6.07 Å². The monoisotopic (exact) mass is 309 g/mol. The van der Waals surface area contributed by atoms with E-state index in [0.717, 1.165) is 5.56 Å². The number of carbonyl (C=O) groups is 2. The predicted molar refractivity (Wildman–Crippen MR) is 87.1 cm³/mol. The number of fused-ring (bicyclic) bond motifs is 1. The summed E-state index contributed by atoms with van der Waals surface area (Å²) < 4.78 is 5.46. The Bertz CT molecular complexity index is 772. The molecule has 0 fully saturated rings. The van der Waals surface area contributed by atoms with Crippen LogP contribution >= 0.6 is 0 Å². The fourth-order valence-corrected chi connectivity index (χ4v) is 2.12. The number of anilines is 2. The molecule has 6 heteroatoms. The summed E-state index contributed by atoms with van der Waals surface area (Å²) >= 11 is 0. The summed E-state index contributed by atoms with van der Waals surface area (Å²) in [4.78, 5) is 27.5. The van der Waals surface area contributed by atoms with E-state index in [2.05, 4.69) is 15.6 Å². The van der Waals surface area contributed by atoms with Crippen LogP contribution in [0.25, 0.3) is 6.08 Å². The minimum Gasteiger partial charge on any atom is -0.479 e. The standard InChI is InChI=1S/C17H15N3O3/c1-11-17(22)20-14-9-13(5-6-15(14)23-11)19-16(21)7-4-12-3-2-8-18-10-12/h2-11H,1H3,(H,19,21)(H,20,22)/b7-4+. The Morgan fingerprint density at radius 2 is 2.26 bits per heavy atom. The van der Waals surface area contributed by atoms with Gasteiger partial charge in [-0.2, -0.15) is 0 Å². The Balaban J connectivity index is 1.69. The summed E-state index contributed by atoms with van der Waals surface area (Å²) in [6, 6.07) is 8.74. The van der Waals surface area contributed by atoms with Gasteiger partial charge in [0, 0.05) is 24.2 Å². The van der Waals surface area contributed by atoms with Crippen molar-refractivity contribution in [3.63, 3.8) is 0 Å². The van der Waals surface area contributed by atoms with Gasteiger partial charge >= 0.3 is 0 Å². The van der Waals surface area contributed by atoms with Crippen molar-refractivity contribution in [2.75, 3.05) is 10.6 Å². The number of rotatable bonds is 3. The van der Waals surface area contributed by atoms with Crippen LogP contribution in [-0.2, 0) is 9.59 Å². The zero-order chi connectivity index (χ0) is 16.2. The molecule has 1 aliphatic heterocycles. The third kappa shape index (κ3) is 3.55. The molecule has 1 aromatic heterocycles. The lowest BCUT2D eigenvalue weighted by Crippen LogP contribution is -2.34. The molecule has 2 aromatic rings. The molecule has 3 rings (SSSR count). The van der Waals surface area contributed by atoms with Gasteiger partial charge in [0.15, 0.2) is 6.10 Å². The van der Waals surface area contributed by atoms with Crippen LogP contribution in [0.5, 0.6) is 5.75 Å². The maximum absolute atomic E-state index is 11.9. The van der Waals surface area contributed by atoms with Crippen molar-refractivity contribution in [2.24, 2.45) is 0 Å². The summed E-state index contributed by atoms with van der Waals surface area (Å²) in [5.74, 6) is 0.101. The van der Waals surface area contributed by atoms with Gasteiger partial charge in [0.25, 0.3) is 5.91 Å². The smallest absolute Gasteiger partial charge is 0.265 e. The minimum absolute atomic E-state index is 0.211. The van der Waals surface area contributed by atoms with Gasteiger partial charge in [0.05, 0.1) is 5.69 Å². The molecule has 116 valence electrons. The van der Waals surface area contributed by atoms with Crippen LogP contribution < -0.4 is 15.4 Å². The van der Waals surface area contributed by atoms with Crippen molar-refractivity contribution in [2.45, 2.75) is 13.0 Å². The average Bonchev–Trinajstić information content (AvgIpc) is 2.55. The van der Waals surface area contributed by atoms with E-state index < -0.39 is 6.10 Å². The molecular formula is C17H15N3O3. The summed E-state index contributed by atoms with van der Waals surface area (Å²) in [7, 11) is 0. The van der Waals surface area contributed by atoms with Crippen LogP contribution in [-0.4, -0.2) is 22.9 Å². The third-order valence-corrected chi connectivity index (χ3v) is 3.29. The zero-order valence-electron chi connectivity index (χ0n) is 12.4. The van der Waals surface area contributed by atoms with E-state index in [-0.39, 0.29) is 11.8 Å². The Morgan fingerprint density at radius 3 is 3.04 bits per heavy atom. The van der Waals surface area contributed by atoms with Crippen LogP contribution in [0.15, 0.2) is 48.8 Å². The van der Waals surface area contributed by atoms with Gasteiger partial charge in [-0.25, -0.2) is 0 Å². The van der Waals surface area contributed by atoms with Crippen molar-refractivity contribution in [3.8, 4) is 5.75 Å². The second-order valence-electron chi connectivity index (χ2n) is 5.07. The Kier molecular flexibility index (Phi) is 4.05. The highest BCUT2D eigenvalue weighted by molar-refractivity contribution is 6.03. The highest BCUT2D eigenvalue weighted by Crippen LogP contribution is 2.32. The average molecular weight is 309 g/mol. The van der Waals surface area contributed by atoms with E-state index in [1.54, 1.807) is 49.7 Å². The van der Waals surface area contributed by atoms with E-state index in [0.29, 0.717) is 17.1 Å². The summed E-state index contributed by atoms with van der Waals surface area (Å²) in [5.41, 5.74) is 1.95. The molecule has 23 heavy (non-hydrogen) atoms. The predicted octanol–water partition coefficient (Wildman–Crippen LogP) is 2.45. The molecule has 2 amide bonds. The van der Waals surface area contributed by atoms with Crippen molar-refractivity contribution in [3.05, 3.63) is 54.4 Å². The number of pyridine rings is 1. The molecule has 6 nitrogen and oxygen atoms in total. The largest absolute Gasteiger partial charge is 0.479 e. The zero-order valence-corrected chi connectivity index (χ0v) is 12.4. The van der Waals surface area contributed by atoms with Gasteiger partial charge in [-0.3, -0.25) is 14.6 Å². The number of ether oxygens (including phenoxy) is 1. The van der Waals surface area contributed by atoms with E-state index in [1.165, 1.54) is 6.08 Å². The van der Waals surface area contributed by atoms with Gasteiger partial charge in [0.2, 0.25) is 5.91 Å². The quantitative estimate of drug-likeness (QED) is 0.853. The first-order valence-corrected chi connectivity index (χ1v) is 7.12. The van der Waals surface area contributed by atoms with Gasteiger partial charge in [0.1, 0.15) is 5.75 Å². The first-order chi connectivity index (χ1) is 11.1. The number of benzene rings is 1. The van der Waals surface area contributed by atoms with Crippen LogP contribution in [0.4, 0.5) is 11.4 Å². The summed E-state index contributed by atoms with van der Waals surface area (Å²) in [6.45, 7) is 1.68. The van der Waals surface area contributed by atoms with Gasteiger partial charge in [-0.15, -0.1) is 0 Å². The van der Waals surface area contributed by atoms with Crippen molar-refractivity contribution in [1.29, 1.82) is 0 Å². The van der Waals surface area contributed by atoms with Gasteiger partial charge < -0.3 is 15.4 Å². The number of nitrogens with zero attached hydrogens (tertiary/aromatic N) is 1. The molecule has 1 atom stereocenters. The van der Waals surface area contributed by atoms with Crippen LogP contribution in [0, 0.1) is 0 Å². The topological polar surface area (TPSA) is 80.3 Å². The molecule has 1 aromatic carbocycles. The number of hydrogen-bond donors (Lipinski definition) is 2. The second kappa shape index (κ2) is 6.31. The molecule has 1 aliphatic rings. The Labute approximate surface area is 133 Å². The number of aromatic nitrogens is 1. The number of nitrogens with one attached hydrogen (secondary N) is 2. The summed E-state index contributed by atoms with van der Waals surface area (Å²) in [5, 5.41) is 5.47. The maximum Gasteiger partial charge on any atom is 0.265 e. The molecule has 0 aliphatic carbocycles. The van der Waals surface area contributed by atoms with Crippen LogP contribution in [0.2, 0.25) is 0 Å². The van der Waals surface area contributed by atoms with Crippen molar-refractivity contribution >= 4 is 29.3 Å². The maximum atomic E-state index is 11.9. The van der Waals surface area contributed by atoms with E-state index in [1.807, 2.05) is 6.07 Å². The highest BCUT2D eigenvalue weighted by Gasteiger charge is 2.23. The van der Waals surface area contributed by atoms with Crippen LogP contribution in [0.3, 0.4) is 0 Å². The molecule has 2 heterocycles. The fourth-order valence-electron chi connectivity index (χ4n) is 2.12. The molecule has 2 N–H and O–H groups in total. The van der Waals surface area contributed by atoms with Gasteiger partial charge in [-0.05, 0) is 42.8 Å². The lowest BCUT2D eigenvalue weighted by atomic mass is 10.2. The molecule has 0 saturated carbocycles. The third-order valence-electron chi connectivity index (χ3n) is 3.29. The summed E-state index contributed by atoms with van der Waals surface area (Å²) in [6.07, 6.45) is 5.91. The van der Waals surface area contributed by atoms with Crippen molar-refractivity contribution < 1.29 is 14.3 Å². The first kappa shape index (κ1) is 14.8. The minimum atomic E-state index is -0.523.